The monoisotopic (exact) mass is 250 g/mol. The van der Waals surface area contributed by atoms with Crippen LogP contribution in [0.5, 0.6) is 0 Å². The molecule has 1 atom stereocenters. The van der Waals surface area contributed by atoms with Crippen LogP contribution in [0.15, 0.2) is 11.6 Å². The van der Waals surface area contributed by atoms with E-state index in [0.29, 0.717) is 6.04 Å². The lowest BCUT2D eigenvalue weighted by atomic mass is 10.1. The highest BCUT2D eigenvalue weighted by Crippen LogP contribution is 2.23. The summed E-state index contributed by atoms with van der Waals surface area (Å²) in [6, 6.07) is 0.377. The molecule has 0 saturated carbocycles. The number of rotatable bonds is 5. The number of thiazole rings is 1. The van der Waals surface area contributed by atoms with Crippen LogP contribution in [-0.2, 0) is 0 Å². The highest BCUT2D eigenvalue weighted by Gasteiger charge is 2.12. The molecular formula is C14H22N2S. The van der Waals surface area contributed by atoms with Gasteiger partial charge in [-0.15, -0.1) is 11.3 Å². The first-order valence-corrected chi connectivity index (χ1v) is 7.33. The molecule has 3 heteroatoms. The molecule has 1 aromatic heterocycles. The van der Waals surface area contributed by atoms with E-state index >= 15 is 0 Å². The number of allylic oxidation sites excluding steroid dienone is 1. The molecule has 1 aliphatic carbocycles. The van der Waals surface area contributed by atoms with Crippen molar-refractivity contribution in [2.75, 3.05) is 6.54 Å². The van der Waals surface area contributed by atoms with E-state index in [1.54, 1.807) is 16.9 Å². The van der Waals surface area contributed by atoms with Crippen LogP contribution in [0.25, 0.3) is 0 Å². The lowest BCUT2D eigenvalue weighted by Crippen LogP contribution is -2.21. The molecule has 1 unspecified atom stereocenters. The minimum absolute atomic E-state index is 0.377. The first-order valence-electron chi connectivity index (χ1n) is 6.52. The fourth-order valence-corrected chi connectivity index (χ4v) is 3.37. The molecular weight excluding hydrogens is 228 g/mol. The molecule has 94 valence electrons. The molecule has 0 fully saturated rings. The Morgan fingerprint density at radius 3 is 2.88 bits per heavy atom. The van der Waals surface area contributed by atoms with Gasteiger partial charge in [0.05, 0.1) is 10.7 Å². The van der Waals surface area contributed by atoms with Crippen molar-refractivity contribution < 1.29 is 0 Å². The maximum Gasteiger partial charge on any atom is 0.0900 e. The summed E-state index contributed by atoms with van der Waals surface area (Å²) in [5.74, 6) is 0. The van der Waals surface area contributed by atoms with Crippen molar-refractivity contribution in [3.05, 3.63) is 27.2 Å². The summed E-state index contributed by atoms with van der Waals surface area (Å²) in [7, 11) is 0. The van der Waals surface area contributed by atoms with Gasteiger partial charge in [-0.25, -0.2) is 4.98 Å². The third kappa shape index (κ3) is 3.39. The lowest BCUT2D eigenvalue weighted by Gasteiger charge is -2.12. The van der Waals surface area contributed by atoms with Gasteiger partial charge in [-0.05, 0) is 53.0 Å². The average molecular weight is 250 g/mol. The Kier molecular flexibility index (Phi) is 4.35. The third-order valence-corrected chi connectivity index (χ3v) is 4.28. The van der Waals surface area contributed by atoms with Gasteiger partial charge in [-0.2, -0.15) is 0 Å². The normalized spacial score (nSPS) is 17.2. The van der Waals surface area contributed by atoms with Crippen molar-refractivity contribution in [3.8, 4) is 0 Å². The number of aryl methyl sites for hydroxylation is 2. The van der Waals surface area contributed by atoms with E-state index < -0.39 is 0 Å². The first-order chi connectivity index (χ1) is 8.16. The van der Waals surface area contributed by atoms with Crippen molar-refractivity contribution in [1.29, 1.82) is 0 Å². The smallest absolute Gasteiger partial charge is 0.0900 e. The molecule has 0 aromatic carbocycles. The second-order valence-electron chi connectivity index (χ2n) is 4.85. The largest absolute Gasteiger partial charge is 0.309 e. The molecule has 0 bridgehead atoms. The van der Waals surface area contributed by atoms with Crippen LogP contribution in [0, 0.1) is 13.8 Å². The van der Waals surface area contributed by atoms with Gasteiger partial charge in [0.2, 0.25) is 0 Å². The lowest BCUT2D eigenvalue weighted by molar-refractivity contribution is 0.560. The Labute approximate surface area is 108 Å². The highest BCUT2D eigenvalue weighted by molar-refractivity contribution is 7.11. The Balaban J connectivity index is 1.80. The zero-order valence-corrected chi connectivity index (χ0v) is 11.9. The summed E-state index contributed by atoms with van der Waals surface area (Å²) >= 11 is 1.79. The van der Waals surface area contributed by atoms with Gasteiger partial charge < -0.3 is 5.32 Å². The first kappa shape index (κ1) is 12.8. The SMILES string of the molecule is Cc1nc(C(C)NCCC2=CCCC2)c(C)s1. The predicted molar refractivity (Wildman–Crippen MR) is 74.6 cm³/mol. The van der Waals surface area contributed by atoms with Crippen LogP contribution in [0.3, 0.4) is 0 Å². The van der Waals surface area contributed by atoms with E-state index in [0.717, 1.165) is 6.54 Å². The molecule has 2 rings (SSSR count). The number of aromatic nitrogens is 1. The zero-order valence-electron chi connectivity index (χ0n) is 11.0. The summed E-state index contributed by atoms with van der Waals surface area (Å²) < 4.78 is 0. The standard InChI is InChI=1S/C14H22N2S/c1-10(14-11(2)17-12(3)16-14)15-9-8-13-6-4-5-7-13/h6,10,15H,4-5,7-9H2,1-3H3. The molecule has 0 spiro atoms. The summed E-state index contributed by atoms with van der Waals surface area (Å²) in [6.07, 6.45) is 7.56. The van der Waals surface area contributed by atoms with Gasteiger partial charge in [-0.1, -0.05) is 11.6 Å². The quantitative estimate of drug-likeness (QED) is 0.801. The molecule has 1 aliphatic rings. The van der Waals surface area contributed by atoms with E-state index in [2.05, 4.69) is 37.1 Å². The zero-order chi connectivity index (χ0) is 12.3. The summed E-state index contributed by atoms with van der Waals surface area (Å²) in [5, 5.41) is 4.75. The second-order valence-corrected chi connectivity index (χ2v) is 6.26. The van der Waals surface area contributed by atoms with E-state index in [1.165, 1.54) is 41.3 Å². The van der Waals surface area contributed by atoms with E-state index in [1.807, 2.05) is 0 Å². The Bertz CT molecular complexity index is 406. The van der Waals surface area contributed by atoms with Crippen molar-refractivity contribution >= 4 is 11.3 Å². The van der Waals surface area contributed by atoms with Crippen LogP contribution in [-0.4, -0.2) is 11.5 Å². The van der Waals surface area contributed by atoms with Crippen molar-refractivity contribution in [3.63, 3.8) is 0 Å². The predicted octanol–water partition coefficient (Wildman–Crippen LogP) is 3.91. The van der Waals surface area contributed by atoms with Gasteiger partial charge in [0, 0.05) is 10.9 Å². The fourth-order valence-electron chi connectivity index (χ4n) is 2.46. The number of nitrogens with zero attached hydrogens (tertiary/aromatic N) is 1. The molecule has 1 heterocycles. The van der Waals surface area contributed by atoms with Crippen molar-refractivity contribution in [1.82, 2.24) is 10.3 Å². The maximum atomic E-state index is 4.60. The molecule has 0 aliphatic heterocycles. The van der Waals surface area contributed by atoms with Gasteiger partial charge in [0.15, 0.2) is 0 Å². The Hall–Kier alpha value is -0.670. The fraction of sp³-hybridized carbons (Fsp3) is 0.643. The third-order valence-electron chi connectivity index (χ3n) is 3.38. The summed E-state index contributed by atoms with van der Waals surface area (Å²) in [5.41, 5.74) is 2.86. The topological polar surface area (TPSA) is 24.9 Å². The minimum Gasteiger partial charge on any atom is -0.309 e. The van der Waals surface area contributed by atoms with Gasteiger partial charge >= 0.3 is 0 Å². The van der Waals surface area contributed by atoms with Crippen LogP contribution in [0.1, 0.15) is 54.2 Å². The molecule has 1 N–H and O–H groups in total. The van der Waals surface area contributed by atoms with Crippen LogP contribution in [0.2, 0.25) is 0 Å². The maximum absolute atomic E-state index is 4.60. The molecule has 0 saturated heterocycles. The average Bonchev–Trinajstić information content (AvgIpc) is 2.88. The van der Waals surface area contributed by atoms with E-state index in [9.17, 15) is 0 Å². The van der Waals surface area contributed by atoms with Gasteiger partial charge in [0.25, 0.3) is 0 Å². The highest BCUT2D eigenvalue weighted by atomic mass is 32.1. The summed E-state index contributed by atoms with van der Waals surface area (Å²) in [6.45, 7) is 7.53. The summed E-state index contributed by atoms with van der Waals surface area (Å²) in [4.78, 5) is 5.95. The number of nitrogens with one attached hydrogen (secondary N) is 1. The van der Waals surface area contributed by atoms with Crippen LogP contribution < -0.4 is 5.32 Å². The Morgan fingerprint density at radius 1 is 1.47 bits per heavy atom. The minimum atomic E-state index is 0.377. The molecule has 1 aromatic rings. The van der Waals surface area contributed by atoms with Crippen molar-refractivity contribution in [2.45, 2.75) is 52.5 Å². The number of hydrogen-bond donors (Lipinski definition) is 1. The molecule has 0 amide bonds. The van der Waals surface area contributed by atoms with E-state index in [-0.39, 0.29) is 0 Å². The Morgan fingerprint density at radius 2 is 2.29 bits per heavy atom. The second kappa shape index (κ2) is 5.78. The molecule has 2 nitrogen and oxygen atoms in total. The molecule has 17 heavy (non-hydrogen) atoms. The van der Waals surface area contributed by atoms with Crippen molar-refractivity contribution in [2.24, 2.45) is 0 Å². The van der Waals surface area contributed by atoms with Crippen LogP contribution >= 0.6 is 11.3 Å². The van der Waals surface area contributed by atoms with E-state index in [4.69, 9.17) is 0 Å². The molecule has 0 radical (unpaired) electrons. The van der Waals surface area contributed by atoms with Crippen LogP contribution in [0.4, 0.5) is 0 Å². The number of hydrogen-bond acceptors (Lipinski definition) is 3. The van der Waals surface area contributed by atoms with Gasteiger partial charge in [-0.3, -0.25) is 0 Å². The van der Waals surface area contributed by atoms with Gasteiger partial charge in [0.1, 0.15) is 0 Å².